The summed E-state index contributed by atoms with van der Waals surface area (Å²) < 4.78 is 0. The van der Waals surface area contributed by atoms with Gasteiger partial charge in [-0.3, -0.25) is 14.5 Å². The highest BCUT2D eigenvalue weighted by molar-refractivity contribution is 5.96. The number of carbonyl (C=O) groups excluding carboxylic acids is 2. The monoisotopic (exact) mass is 394 g/mol. The number of amides is 2. The molecule has 0 saturated carbocycles. The maximum atomic E-state index is 12.5. The minimum Gasteiger partial charge on any atom is -0.508 e. The first-order valence-corrected chi connectivity index (χ1v) is 9.97. The van der Waals surface area contributed by atoms with Gasteiger partial charge in [0.25, 0.3) is 0 Å². The Hall–Kier alpha value is -3.06. The van der Waals surface area contributed by atoms with Gasteiger partial charge in [0.05, 0.1) is 6.54 Å². The average Bonchev–Trinajstić information content (AvgIpc) is 3.13. The zero-order valence-electron chi connectivity index (χ0n) is 16.6. The predicted octanol–water partition coefficient (Wildman–Crippen LogP) is 2.06. The summed E-state index contributed by atoms with van der Waals surface area (Å²) in [6.45, 7) is 5.95. The van der Waals surface area contributed by atoms with E-state index in [1.54, 1.807) is 24.0 Å². The van der Waals surface area contributed by atoms with Crippen molar-refractivity contribution in [2.24, 2.45) is 0 Å². The Balaban J connectivity index is 1.29. The second-order valence-corrected chi connectivity index (χ2v) is 7.59. The van der Waals surface area contributed by atoms with Crippen LogP contribution in [0.4, 0.5) is 17.1 Å². The number of carbonyl (C=O) groups is 2. The van der Waals surface area contributed by atoms with E-state index in [0.29, 0.717) is 13.1 Å². The van der Waals surface area contributed by atoms with E-state index < -0.39 is 0 Å². The Bertz CT molecular complexity index is 905. The van der Waals surface area contributed by atoms with Crippen LogP contribution >= 0.6 is 0 Å². The van der Waals surface area contributed by atoms with Crippen LogP contribution in [0.3, 0.4) is 0 Å². The fourth-order valence-electron chi connectivity index (χ4n) is 4.04. The molecule has 0 radical (unpaired) electrons. The van der Waals surface area contributed by atoms with Crippen molar-refractivity contribution < 1.29 is 14.7 Å². The van der Waals surface area contributed by atoms with E-state index in [1.807, 2.05) is 30.3 Å². The van der Waals surface area contributed by atoms with Crippen molar-refractivity contribution in [2.75, 3.05) is 54.4 Å². The number of phenols is 1. The van der Waals surface area contributed by atoms with Crippen molar-refractivity contribution in [3.8, 4) is 5.75 Å². The average molecular weight is 394 g/mol. The van der Waals surface area contributed by atoms with Crippen molar-refractivity contribution in [1.29, 1.82) is 0 Å². The molecule has 2 aromatic carbocycles. The number of piperazine rings is 1. The van der Waals surface area contributed by atoms with E-state index >= 15 is 0 Å². The lowest BCUT2D eigenvalue weighted by Crippen LogP contribution is -2.48. The van der Waals surface area contributed by atoms with Gasteiger partial charge < -0.3 is 20.2 Å². The van der Waals surface area contributed by atoms with Gasteiger partial charge in [-0.15, -0.1) is 0 Å². The molecule has 4 rings (SSSR count). The van der Waals surface area contributed by atoms with Crippen LogP contribution in [0.5, 0.6) is 5.75 Å². The van der Waals surface area contributed by atoms with Crippen LogP contribution < -0.4 is 15.1 Å². The zero-order chi connectivity index (χ0) is 20.4. The van der Waals surface area contributed by atoms with Crippen LogP contribution in [0.25, 0.3) is 0 Å². The molecule has 0 bridgehead atoms. The third kappa shape index (κ3) is 4.35. The maximum Gasteiger partial charge on any atom is 0.238 e. The Morgan fingerprint density at radius 3 is 2.41 bits per heavy atom. The molecule has 0 unspecified atom stereocenters. The molecule has 2 amide bonds. The summed E-state index contributed by atoms with van der Waals surface area (Å²) in [4.78, 5) is 30.3. The zero-order valence-corrected chi connectivity index (χ0v) is 16.6. The van der Waals surface area contributed by atoms with Crippen LogP contribution in [0.15, 0.2) is 42.5 Å². The van der Waals surface area contributed by atoms with E-state index in [9.17, 15) is 14.7 Å². The number of fused-ring (bicyclic) bond motifs is 1. The van der Waals surface area contributed by atoms with E-state index in [-0.39, 0.29) is 17.6 Å². The van der Waals surface area contributed by atoms with Gasteiger partial charge in [0.1, 0.15) is 5.75 Å². The third-order valence-electron chi connectivity index (χ3n) is 5.59. The molecule has 2 N–H and O–H groups in total. The van der Waals surface area contributed by atoms with Gasteiger partial charge in [-0.05, 0) is 54.4 Å². The van der Waals surface area contributed by atoms with Gasteiger partial charge in [0.15, 0.2) is 0 Å². The maximum absolute atomic E-state index is 12.5. The molecule has 0 spiro atoms. The minimum atomic E-state index is -0.0237. The Morgan fingerprint density at radius 2 is 1.72 bits per heavy atom. The SMILES string of the molecule is CC(=O)N1CCc2cc(NC(=O)CN3CCN(c4ccc(O)cc4)CC3)ccc21. The topological polar surface area (TPSA) is 76.1 Å². The van der Waals surface area contributed by atoms with E-state index in [4.69, 9.17) is 0 Å². The molecule has 29 heavy (non-hydrogen) atoms. The molecule has 7 heteroatoms. The van der Waals surface area contributed by atoms with Crippen LogP contribution in [-0.4, -0.2) is 61.1 Å². The number of nitrogens with zero attached hydrogens (tertiary/aromatic N) is 3. The highest BCUT2D eigenvalue weighted by Gasteiger charge is 2.23. The summed E-state index contributed by atoms with van der Waals surface area (Å²) >= 11 is 0. The van der Waals surface area contributed by atoms with E-state index in [0.717, 1.165) is 55.2 Å². The number of hydrogen-bond donors (Lipinski definition) is 2. The molecule has 2 heterocycles. The van der Waals surface area contributed by atoms with Gasteiger partial charge in [-0.2, -0.15) is 0 Å². The van der Waals surface area contributed by atoms with E-state index in [1.165, 1.54) is 0 Å². The van der Waals surface area contributed by atoms with Crippen molar-refractivity contribution in [2.45, 2.75) is 13.3 Å². The molecular formula is C22H26N4O3. The quantitative estimate of drug-likeness (QED) is 0.830. The molecule has 2 aliphatic rings. The van der Waals surface area contributed by atoms with Gasteiger partial charge in [0.2, 0.25) is 11.8 Å². The van der Waals surface area contributed by atoms with Gasteiger partial charge in [-0.25, -0.2) is 0 Å². The number of rotatable bonds is 4. The summed E-state index contributed by atoms with van der Waals surface area (Å²) in [6.07, 6.45) is 0.817. The first-order chi connectivity index (χ1) is 14.0. The Labute approximate surface area is 170 Å². The van der Waals surface area contributed by atoms with E-state index in [2.05, 4.69) is 15.1 Å². The molecule has 7 nitrogen and oxygen atoms in total. The molecule has 1 saturated heterocycles. The van der Waals surface area contributed by atoms with Crippen molar-refractivity contribution in [3.63, 3.8) is 0 Å². The van der Waals surface area contributed by atoms with Gasteiger partial charge in [0, 0.05) is 56.7 Å². The highest BCUT2D eigenvalue weighted by Crippen LogP contribution is 2.30. The van der Waals surface area contributed by atoms with Crippen LogP contribution in [-0.2, 0) is 16.0 Å². The number of anilines is 3. The molecule has 0 atom stereocenters. The first-order valence-electron chi connectivity index (χ1n) is 9.97. The predicted molar refractivity (Wildman–Crippen MR) is 114 cm³/mol. The molecule has 152 valence electrons. The Morgan fingerprint density at radius 1 is 1.00 bits per heavy atom. The number of phenolic OH excluding ortho intramolecular Hbond substituents is 1. The minimum absolute atomic E-state index is 0.0237. The normalized spacial score (nSPS) is 16.6. The van der Waals surface area contributed by atoms with Crippen molar-refractivity contribution >= 4 is 28.9 Å². The summed E-state index contributed by atoms with van der Waals surface area (Å²) in [5.41, 5.74) is 3.91. The molecule has 2 aliphatic heterocycles. The largest absolute Gasteiger partial charge is 0.508 e. The highest BCUT2D eigenvalue weighted by atomic mass is 16.3. The second-order valence-electron chi connectivity index (χ2n) is 7.59. The number of hydrogen-bond acceptors (Lipinski definition) is 5. The number of nitrogens with one attached hydrogen (secondary N) is 1. The third-order valence-corrected chi connectivity index (χ3v) is 5.59. The lowest BCUT2D eigenvalue weighted by atomic mass is 10.1. The molecular weight excluding hydrogens is 368 g/mol. The first kappa shape index (κ1) is 19.3. The lowest BCUT2D eigenvalue weighted by Gasteiger charge is -2.35. The second kappa shape index (κ2) is 8.13. The summed E-state index contributed by atoms with van der Waals surface area (Å²) in [7, 11) is 0. The fraction of sp³-hybridized carbons (Fsp3) is 0.364. The molecule has 2 aromatic rings. The van der Waals surface area contributed by atoms with Crippen molar-refractivity contribution in [1.82, 2.24) is 4.90 Å². The van der Waals surface area contributed by atoms with Gasteiger partial charge >= 0.3 is 0 Å². The summed E-state index contributed by atoms with van der Waals surface area (Å²) in [5.74, 6) is 0.293. The molecule has 0 aliphatic carbocycles. The van der Waals surface area contributed by atoms with Crippen molar-refractivity contribution in [3.05, 3.63) is 48.0 Å². The summed E-state index contributed by atoms with van der Waals surface area (Å²) in [6, 6.07) is 13.0. The van der Waals surface area contributed by atoms with Crippen LogP contribution in [0.2, 0.25) is 0 Å². The smallest absolute Gasteiger partial charge is 0.238 e. The fourth-order valence-corrected chi connectivity index (χ4v) is 4.04. The Kier molecular flexibility index (Phi) is 5.40. The van der Waals surface area contributed by atoms with Crippen LogP contribution in [0.1, 0.15) is 12.5 Å². The lowest BCUT2D eigenvalue weighted by molar-refractivity contribution is -0.117. The summed E-state index contributed by atoms with van der Waals surface area (Å²) in [5, 5.41) is 12.4. The van der Waals surface area contributed by atoms with Gasteiger partial charge in [-0.1, -0.05) is 0 Å². The molecule has 1 fully saturated rings. The number of benzene rings is 2. The van der Waals surface area contributed by atoms with Crippen LogP contribution in [0, 0.1) is 0 Å². The molecule has 0 aromatic heterocycles. The standard InChI is InChI=1S/C22H26N4O3/c1-16(27)26-9-8-17-14-18(2-7-21(17)26)23-22(29)15-24-10-12-25(13-11-24)19-3-5-20(28)6-4-19/h2-7,14,28H,8-13,15H2,1H3,(H,23,29). The number of aromatic hydroxyl groups is 1.